The summed E-state index contributed by atoms with van der Waals surface area (Å²) >= 11 is 1.41. The zero-order chi connectivity index (χ0) is 15.0. The van der Waals surface area contributed by atoms with Crippen molar-refractivity contribution in [2.75, 3.05) is 11.4 Å². The van der Waals surface area contributed by atoms with E-state index in [1.807, 2.05) is 31.2 Å². The van der Waals surface area contributed by atoms with Gasteiger partial charge >= 0.3 is 5.97 Å². The number of nitrogens with zero attached hydrogens (tertiary/aromatic N) is 2. The van der Waals surface area contributed by atoms with Crippen LogP contribution in [0.2, 0.25) is 0 Å². The predicted octanol–water partition coefficient (Wildman–Crippen LogP) is 2.36. The average molecular weight is 302 g/mol. The number of hydrogen-bond donors (Lipinski definition) is 1. The zero-order valence-electron chi connectivity index (χ0n) is 11.4. The van der Waals surface area contributed by atoms with Crippen LogP contribution in [-0.4, -0.2) is 28.5 Å². The lowest BCUT2D eigenvalue weighted by Gasteiger charge is -2.32. The maximum absolute atomic E-state index is 12.6. The Balaban J connectivity index is 2.00. The van der Waals surface area contributed by atoms with Gasteiger partial charge in [0.25, 0.3) is 5.91 Å². The van der Waals surface area contributed by atoms with Crippen LogP contribution in [0.3, 0.4) is 0 Å². The van der Waals surface area contributed by atoms with E-state index in [2.05, 4.69) is 4.98 Å². The monoisotopic (exact) mass is 302 g/mol. The molecular weight excluding hydrogens is 288 g/mol. The van der Waals surface area contributed by atoms with Gasteiger partial charge < -0.3 is 10.0 Å². The number of carboxylic acids is 1. The quantitative estimate of drug-likeness (QED) is 0.924. The number of para-hydroxylation sites is 1. The Hall–Kier alpha value is -2.21. The number of aromatic nitrogens is 1. The highest BCUT2D eigenvalue weighted by molar-refractivity contribution is 7.09. The molecule has 1 atom stereocenters. The van der Waals surface area contributed by atoms with Crippen molar-refractivity contribution in [3.63, 3.8) is 0 Å². The first kappa shape index (κ1) is 13.8. The molecule has 1 N–H and O–H groups in total. The van der Waals surface area contributed by atoms with Crippen LogP contribution in [0.25, 0.3) is 0 Å². The number of aliphatic carboxylic acids is 1. The Kier molecular flexibility index (Phi) is 3.47. The molecule has 2 aromatic rings. The van der Waals surface area contributed by atoms with Crippen LogP contribution in [0.1, 0.15) is 21.1 Å². The second-order valence-electron chi connectivity index (χ2n) is 5.04. The van der Waals surface area contributed by atoms with E-state index < -0.39 is 11.9 Å². The molecule has 0 aliphatic carbocycles. The highest BCUT2D eigenvalue weighted by atomic mass is 32.1. The number of aryl methyl sites for hydroxylation is 1. The standard InChI is InChI=1S/C15H14N2O3S/c1-9-16-12(8-21-9)14(18)17-7-11(15(19)20)6-10-4-2-3-5-13(10)17/h2-5,8,11H,6-7H2,1H3,(H,19,20). The van der Waals surface area contributed by atoms with Crippen molar-refractivity contribution in [2.45, 2.75) is 13.3 Å². The molecular formula is C15H14N2O3S. The Labute approximate surface area is 125 Å². The summed E-state index contributed by atoms with van der Waals surface area (Å²) in [6.45, 7) is 2.02. The summed E-state index contributed by atoms with van der Waals surface area (Å²) in [7, 11) is 0. The Morgan fingerprint density at radius 1 is 1.38 bits per heavy atom. The summed E-state index contributed by atoms with van der Waals surface area (Å²) in [6.07, 6.45) is 0.450. The molecule has 0 bridgehead atoms. The first-order valence-electron chi connectivity index (χ1n) is 6.61. The van der Waals surface area contributed by atoms with Crippen LogP contribution in [0.15, 0.2) is 29.6 Å². The summed E-state index contributed by atoms with van der Waals surface area (Å²) in [6, 6.07) is 7.44. The molecule has 0 saturated heterocycles. The van der Waals surface area contributed by atoms with Gasteiger partial charge in [-0.05, 0) is 25.0 Å². The van der Waals surface area contributed by atoms with Gasteiger partial charge in [-0.1, -0.05) is 18.2 Å². The van der Waals surface area contributed by atoms with Crippen LogP contribution in [0, 0.1) is 12.8 Å². The van der Waals surface area contributed by atoms with Crippen LogP contribution >= 0.6 is 11.3 Å². The molecule has 1 aliphatic rings. The number of hydrogen-bond acceptors (Lipinski definition) is 4. The van der Waals surface area contributed by atoms with Gasteiger partial charge in [0.2, 0.25) is 0 Å². The second-order valence-corrected chi connectivity index (χ2v) is 6.10. The molecule has 0 saturated carbocycles. The third-order valence-corrected chi connectivity index (χ3v) is 4.36. The molecule has 1 aromatic carbocycles. The Bertz CT molecular complexity index is 710. The van der Waals surface area contributed by atoms with Gasteiger partial charge in [-0.2, -0.15) is 0 Å². The van der Waals surface area contributed by atoms with E-state index in [-0.39, 0.29) is 12.5 Å². The molecule has 5 nitrogen and oxygen atoms in total. The largest absolute Gasteiger partial charge is 0.481 e. The molecule has 0 spiro atoms. The third kappa shape index (κ3) is 2.54. The smallest absolute Gasteiger partial charge is 0.308 e. The van der Waals surface area contributed by atoms with E-state index in [1.54, 1.807) is 5.38 Å². The topological polar surface area (TPSA) is 70.5 Å². The molecule has 6 heteroatoms. The first-order valence-corrected chi connectivity index (χ1v) is 7.49. The zero-order valence-corrected chi connectivity index (χ0v) is 12.3. The van der Waals surface area contributed by atoms with Gasteiger partial charge in [-0.3, -0.25) is 9.59 Å². The van der Waals surface area contributed by atoms with E-state index in [4.69, 9.17) is 0 Å². The maximum atomic E-state index is 12.6. The van der Waals surface area contributed by atoms with Gasteiger partial charge in [0, 0.05) is 17.6 Å². The summed E-state index contributed by atoms with van der Waals surface area (Å²) in [5.74, 6) is -1.70. The molecule has 1 amide bonds. The van der Waals surface area contributed by atoms with Crippen molar-refractivity contribution >= 4 is 28.9 Å². The van der Waals surface area contributed by atoms with Crippen LogP contribution in [-0.2, 0) is 11.2 Å². The molecule has 1 aromatic heterocycles. The van der Waals surface area contributed by atoms with Crippen molar-refractivity contribution < 1.29 is 14.7 Å². The number of fused-ring (bicyclic) bond motifs is 1. The Morgan fingerprint density at radius 2 is 2.14 bits per heavy atom. The number of anilines is 1. The molecule has 0 radical (unpaired) electrons. The number of rotatable bonds is 2. The van der Waals surface area contributed by atoms with E-state index in [1.165, 1.54) is 16.2 Å². The summed E-state index contributed by atoms with van der Waals surface area (Å²) in [4.78, 5) is 29.7. The highest BCUT2D eigenvalue weighted by Gasteiger charge is 2.33. The summed E-state index contributed by atoms with van der Waals surface area (Å²) in [5, 5.41) is 11.8. The number of amides is 1. The van der Waals surface area contributed by atoms with Crippen molar-refractivity contribution in [2.24, 2.45) is 5.92 Å². The normalized spacial score (nSPS) is 17.4. The lowest BCUT2D eigenvalue weighted by atomic mass is 9.92. The molecule has 3 rings (SSSR count). The fourth-order valence-corrected chi connectivity index (χ4v) is 3.14. The molecule has 1 aliphatic heterocycles. The van der Waals surface area contributed by atoms with Gasteiger partial charge in [-0.15, -0.1) is 11.3 Å². The third-order valence-electron chi connectivity index (χ3n) is 3.58. The molecule has 2 heterocycles. The van der Waals surface area contributed by atoms with E-state index in [9.17, 15) is 14.7 Å². The lowest BCUT2D eigenvalue weighted by molar-refractivity contribution is -0.141. The molecule has 0 fully saturated rings. The number of thiazole rings is 1. The molecule has 1 unspecified atom stereocenters. The summed E-state index contributed by atoms with van der Waals surface area (Å²) < 4.78 is 0. The lowest BCUT2D eigenvalue weighted by Crippen LogP contribution is -2.42. The molecule has 108 valence electrons. The predicted molar refractivity (Wildman–Crippen MR) is 79.8 cm³/mol. The first-order chi connectivity index (χ1) is 10.1. The van der Waals surface area contributed by atoms with Crippen LogP contribution < -0.4 is 4.90 Å². The summed E-state index contributed by atoms with van der Waals surface area (Å²) in [5.41, 5.74) is 2.04. The number of carboxylic acid groups (broad SMARTS) is 1. The number of carbonyl (C=O) groups excluding carboxylic acids is 1. The highest BCUT2D eigenvalue weighted by Crippen LogP contribution is 2.31. The van der Waals surface area contributed by atoms with Crippen LogP contribution in [0.5, 0.6) is 0 Å². The van der Waals surface area contributed by atoms with E-state index >= 15 is 0 Å². The maximum Gasteiger partial charge on any atom is 0.308 e. The van der Waals surface area contributed by atoms with Gasteiger partial charge in [0.1, 0.15) is 5.69 Å². The average Bonchev–Trinajstić information content (AvgIpc) is 2.92. The van der Waals surface area contributed by atoms with Crippen molar-refractivity contribution in [1.29, 1.82) is 0 Å². The van der Waals surface area contributed by atoms with Gasteiger partial charge in [0.05, 0.1) is 10.9 Å². The van der Waals surface area contributed by atoms with E-state index in [0.717, 1.165) is 16.3 Å². The van der Waals surface area contributed by atoms with Crippen LogP contribution in [0.4, 0.5) is 5.69 Å². The SMILES string of the molecule is Cc1nc(C(=O)N2CC(C(=O)O)Cc3ccccc32)cs1. The number of carbonyl (C=O) groups is 2. The minimum atomic E-state index is -0.878. The fraction of sp³-hybridized carbons (Fsp3) is 0.267. The molecule has 21 heavy (non-hydrogen) atoms. The van der Waals surface area contributed by atoms with Gasteiger partial charge in [-0.25, -0.2) is 4.98 Å². The fourth-order valence-electron chi connectivity index (χ4n) is 2.55. The minimum Gasteiger partial charge on any atom is -0.481 e. The second kappa shape index (κ2) is 5.29. The number of benzene rings is 1. The Morgan fingerprint density at radius 3 is 2.81 bits per heavy atom. The van der Waals surface area contributed by atoms with Gasteiger partial charge in [0.15, 0.2) is 0 Å². The van der Waals surface area contributed by atoms with Crippen molar-refractivity contribution in [3.05, 3.63) is 45.9 Å². The van der Waals surface area contributed by atoms with E-state index in [0.29, 0.717) is 12.1 Å². The van der Waals surface area contributed by atoms with Crippen molar-refractivity contribution in [1.82, 2.24) is 4.98 Å². The van der Waals surface area contributed by atoms with Crippen molar-refractivity contribution in [3.8, 4) is 0 Å². The minimum absolute atomic E-state index is 0.182.